The van der Waals surface area contributed by atoms with Crippen molar-refractivity contribution < 1.29 is 9.53 Å². The van der Waals surface area contributed by atoms with Gasteiger partial charge in [-0.2, -0.15) is 5.10 Å². The zero-order valence-corrected chi connectivity index (χ0v) is 11.6. The summed E-state index contributed by atoms with van der Waals surface area (Å²) >= 11 is 0. The first-order valence-corrected chi connectivity index (χ1v) is 6.66. The third-order valence-electron chi connectivity index (χ3n) is 3.11. The topological polar surface area (TPSA) is 70.1 Å². The molecule has 0 unspecified atom stereocenters. The molecule has 0 bridgehead atoms. The van der Waals surface area contributed by atoms with Crippen molar-refractivity contribution >= 4 is 11.7 Å². The first kappa shape index (κ1) is 14.1. The second kappa shape index (κ2) is 6.75. The second-order valence-electron chi connectivity index (χ2n) is 4.63. The molecule has 0 aliphatic heterocycles. The largest absolute Gasteiger partial charge is 0.464 e. The Morgan fingerprint density at radius 2 is 2.05 bits per heavy atom. The normalized spacial score (nSPS) is 10.4. The number of benzene rings is 1. The molecule has 20 heavy (non-hydrogen) atoms. The molecule has 0 amide bonds. The highest BCUT2D eigenvalue weighted by atomic mass is 16.5. The zero-order valence-electron chi connectivity index (χ0n) is 11.6. The average Bonchev–Trinajstić information content (AvgIpc) is 2.85. The average molecular weight is 273 g/mol. The Kier molecular flexibility index (Phi) is 4.76. The van der Waals surface area contributed by atoms with Crippen LogP contribution in [0.15, 0.2) is 36.5 Å². The number of aryl methyl sites for hydroxylation is 2. The maximum absolute atomic E-state index is 11.4. The summed E-state index contributed by atoms with van der Waals surface area (Å²) in [5.74, 6) is -0.495. The first-order chi connectivity index (χ1) is 9.70. The summed E-state index contributed by atoms with van der Waals surface area (Å²) in [5, 5.41) is 4.14. The molecule has 0 spiro atoms. The Balaban J connectivity index is 1.81. The number of unbranched alkanes of at least 4 members (excludes halogenated alkanes) is 1. The van der Waals surface area contributed by atoms with E-state index in [2.05, 4.69) is 22.0 Å². The minimum Gasteiger partial charge on any atom is -0.464 e. The van der Waals surface area contributed by atoms with E-state index < -0.39 is 5.97 Å². The number of hydrogen-bond acceptors (Lipinski definition) is 4. The number of carbonyl (C=O) groups is 1. The van der Waals surface area contributed by atoms with Crippen LogP contribution >= 0.6 is 0 Å². The fourth-order valence-electron chi connectivity index (χ4n) is 2.05. The van der Waals surface area contributed by atoms with Gasteiger partial charge in [-0.1, -0.05) is 30.3 Å². The highest BCUT2D eigenvalue weighted by molar-refractivity contribution is 5.92. The Morgan fingerprint density at radius 1 is 1.30 bits per heavy atom. The van der Waals surface area contributed by atoms with Crippen molar-refractivity contribution in [3.63, 3.8) is 0 Å². The van der Waals surface area contributed by atoms with Gasteiger partial charge in [-0.15, -0.1) is 0 Å². The Labute approximate surface area is 118 Å². The maximum Gasteiger partial charge on any atom is 0.360 e. The minimum absolute atomic E-state index is 0.190. The fraction of sp³-hybridized carbons (Fsp3) is 0.333. The summed E-state index contributed by atoms with van der Waals surface area (Å²) < 4.78 is 6.32. The van der Waals surface area contributed by atoms with Crippen molar-refractivity contribution in [2.75, 3.05) is 12.8 Å². The molecule has 2 N–H and O–H groups in total. The lowest BCUT2D eigenvalue weighted by molar-refractivity contribution is 0.0594. The number of ether oxygens (including phenoxy) is 1. The lowest BCUT2D eigenvalue weighted by Crippen LogP contribution is -2.06. The molecule has 0 aliphatic carbocycles. The van der Waals surface area contributed by atoms with Gasteiger partial charge in [0.2, 0.25) is 0 Å². The lowest BCUT2D eigenvalue weighted by Gasteiger charge is -2.02. The number of esters is 1. The van der Waals surface area contributed by atoms with Crippen molar-refractivity contribution in [1.82, 2.24) is 9.78 Å². The summed E-state index contributed by atoms with van der Waals surface area (Å²) in [6, 6.07) is 10.4. The van der Waals surface area contributed by atoms with Crippen molar-refractivity contribution in [2.45, 2.75) is 25.8 Å². The van der Waals surface area contributed by atoms with Crippen LogP contribution in [0.3, 0.4) is 0 Å². The number of nitrogens with zero attached hydrogens (tertiary/aromatic N) is 2. The summed E-state index contributed by atoms with van der Waals surface area (Å²) in [7, 11) is 1.32. The van der Waals surface area contributed by atoms with Crippen LogP contribution in [0.1, 0.15) is 28.9 Å². The van der Waals surface area contributed by atoms with Gasteiger partial charge in [0.15, 0.2) is 5.69 Å². The highest BCUT2D eigenvalue weighted by Crippen LogP contribution is 2.11. The summed E-state index contributed by atoms with van der Waals surface area (Å²) in [5.41, 5.74) is 7.62. The van der Waals surface area contributed by atoms with Crippen LogP contribution < -0.4 is 5.73 Å². The molecule has 0 saturated heterocycles. The quantitative estimate of drug-likeness (QED) is 0.647. The Bertz CT molecular complexity index is 564. The molecule has 106 valence electrons. The SMILES string of the molecule is COC(=O)c1nn(CCCCc2ccccc2)cc1N. The van der Waals surface area contributed by atoms with E-state index in [9.17, 15) is 4.79 Å². The first-order valence-electron chi connectivity index (χ1n) is 6.66. The van der Waals surface area contributed by atoms with Crippen molar-refractivity contribution in [3.05, 3.63) is 47.8 Å². The van der Waals surface area contributed by atoms with Gasteiger partial charge in [0.25, 0.3) is 0 Å². The van der Waals surface area contributed by atoms with E-state index >= 15 is 0 Å². The fourth-order valence-corrected chi connectivity index (χ4v) is 2.05. The molecule has 1 aromatic carbocycles. The maximum atomic E-state index is 11.4. The lowest BCUT2D eigenvalue weighted by atomic mass is 10.1. The Hall–Kier alpha value is -2.30. The van der Waals surface area contributed by atoms with Crippen LogP contribution in [0.25, 0.3) is 0 Å². The summed E-state index contributed by atoms with van der Waals surface area (Å²) in [6.07, 6.45) is 4.77. The van der Waals surface area contributed by atoms with Gasteiger partial charge in [0.05, 0.1) is 12.8 Å². The molecular formula is C15H19N3O2. The standard InChI is InChI=1S/C15H19N3O2/c1-20-15(19)14-13(16)11-18(17-14)10-6-5-9-12-7-3-2-4-8-12/h2-4,7-8,11H,5-6,9-10,16H2,1H3. The molecule has 5 heteroatoms. The Morgan fingerprint density at radius 3 is 2.75 bits per heavy atom. The van der Waals surface area contributed by atoms with Crippen molar-refractivity contribution in [3.8, 4) is 0 Å². The molecule has 0 atom stereocenters. The van der Waals surface area contributed by atoms with Crippen LogP contribution in [-0.4, -0.2) is 22.9 Å². The number of nitrogens with two attached hydrogens (primary N) is 1. The van der Waals surface area contributed by atoms with E-state index in [1.54, 1.807) is 10.9 Å². The predicted octanol–water partition coefficient (Wildman–Crippen LogP) is 2.27. The number of carbonyl (C=O) groups excluding carboxylic acids is 1. The summed E-state index contributed by atoms with van der Waals surface area (Å²) in [6.45, 7) is 0.744. The van der Waals surface area contributed by atoms with E-state index in [0.717, 1.165) is 25.8 Å². The molecule has 0 saturated carbocycles. The van der Waals surface area contributed by atoms with E-state index in [4.69, 9.17) is 5.73 Å². The molecule has 2 aromatic rings. The highest BCUT2D eigenvalue weighted by Gasteiger charge is 2.14. The molecule has 0 fully saturated rings. The van der Waals surface area contributed by atoms with E-state index in [0.29, 0.717) is 5.69 Å². The summed E-state index contributed by atoms with van der Waals surface area (Å²) in [4.78, 5) is 11.4. The molecule has 0 radical (unpaired) electrons. The van der Waals surface area contributed by atoms with Crippen LogP contribution in [-0.2, 0) is 17.7 Å². The van der Waals surface area contributed by atoms with Crippen molar-refractivity contribution in [1.29, 1.82) is 0 Å². The molecule has 0 aliphatic rings. The van der Waals surface area contributed by atoms with Crippen LogP contribution in [0.2, 0.25) is 0 Å². The van der Waals surface area contributed by atoms with E-state index in [-0.39, 0.29) is 5.69 Å². The third kappa shape index (κ3) is 3.60. The molecular weight excluding hydrogens is 254 g/mol. The van der Waals surface area contributed by atoms with Crippen LogP contribution in [0, 0.1) is 0 Å². The number of aromatic nitrogens is 2. The molecule has 2 rings (SSSR count). The minimum atomic E-state index is -0.495. The number of rotatable bonds is 6. The van der Waals surface area contributed by atoms with Crippen LogP contribution in [0.5, 0.6) is 0 Å². The van der Waals surface area contributed by atoms with Gasteiger partial charge < -0.3 is 10.5 Å². The molecule has 1 heterocycles. The van der Waals surface area contributed by atoms with Gasteiger partial charge in [-0.3, -0.25) is 4.68 Å². The van der Waals surface area contributed by atoms with E-state index in [1.807, 2.05) is 18.2 Å². The predicted molar refractivity (Wildman–Crippen MR) is 77.4 cm³/mol. The van der Waals surface area contributed by atoms with E-state index in [1.165, 1.54) is 12.7 Å². The number of hydrogen-bond donors (Lipinski definition) is 1. The van der Waals surface area contributed by atoms with Crippen molar-refractivity contribution in [2.24, 2.45) is 0 Å². The number of anilines is 1. The van der Waals surface area contributed by atoms with Gasteiger partial charge >= 0.3 is 5.97 Å². The monoisotopic (exact) mass is 273 g/mol. The van der Waals surface area contributed by atoms with Gasteiger partial charge in [0.1, 0.15) is 0 Å². The second-order valence-corrected chi connectivity index (χ2v) is 4.63. The zero-order chi connectivity index (χ0) is 14.4. The third-order valence-corrected chi connectivity index (χ3v) is 3.11. The van der Waals surface area contributed by atoms with Gasteiger partial charge in [-0.25, -0.2) is 4.79 Å². The number of methoxy groups -OCH3 is 1. The smallest absolute Gasteiger partial charge is 0.360 e. The molecule has 5 nitrogen and oxygen atoms in total. The molecule has 1 aromatic heterocycles. The van der Waals surface area contributed by atoms with Gasteiger partial charge in [-0.05, 0) is 24.8 Å². The van der Waals surface area contributed by atoms with Gasteiger partial charge in [0, 0.05) is 12.7 Å². The van der Waals surface area contributed by atoms with Crippen LogP contribution in [0.4, 0.5) is 5.69 Å². The number of nitrogen functional groups attached to an aromatic ring is 1.